The highest BCUT2D eigenvalue weighted by atomic mass is 35.5. The topological polar surface area (TPSA) is 130 Å². The van der Waals surface area contributed by atoms with Crippen LogP contribution in [0.4, 0.5) is 5.82 Å². The lowest BCUT2D eigenvalue weighted by Gasteiger charge is -2.34. The summed E-state index contributed by atoms with van der Waals surface area (Å²) < 4.78 is 31.7. The number of rotatable bonds is 7. The molecule has 0 aliphatic carbocycles. The molecule has 1 fully saturated rings. The minimum atomic E-state index is -3.17. The second-order valence-electron chi connectivity index (χ2n) is 8.53. The highest BCUT2D eigenvalue weighted by Gasteiger charge is 2.26. The maximum Gasteiger partial charge on any atom is 0.213 e. The highest BCUT2D eigenvalue weighted by molar-refractivity contribution is 7.89. The molecule has 1 atom stereocenters. The average molecular weight is 562 g/mol. The van der Waals surface area contributed by atoms with Crippen LogP contribution < -0.4 is 15.4 Å². The number of nitrogens with one attached hydrogen (secondary N) is 1. The maximum absolute atomic E-state index is 12.1. The van der Waals surface area contributed by atoms with Crippen LogP contribution in [-0.2, 0) is 10.0 Å². The van der Waals surface area contributed by atoms with Crippen molar-refractivity contribution in [2.24, 2.45) is 5.73 Å². The summed E-state index contributed by atoms with van der Waals surface area (Å²) in [6, 6.07) is 9.35. The number of ether oxygens (including phenoxy) is 1. The molecule has 0 amide bonds. The standard InChI is InChI=1S/C24H25Cl2N7O3S/c1-2-37(34,35)33-9-7-32(8-10-33)21-6-3-15(12-29-21)23-17-11-16(4-5-20(17)30-31-23)36-24(27)22-18(25)13-28-14-19(22)26/h3-6,11-14,24H,2,7-10,27H2,1H3,(H,30,31)/t24-/m0/s1. The smallest absolute Gasteiger partial charge is 0.213 e. The SMILES string of the molecule is CCS(=O)(=O)N1CCN(c2ccc(-c3n[nH]c4ccc(O[C@H](N)c5c(Cl)cncc5Cl)cc34)cn2)CC1. The first-order chi connectivity index (χ1) is 17.8. The number of pyridine rings is 2. The third-order valence-electron chi connectivity index (χ3n) is 6.31. The first kappa shape index (κ1) is 25.7. The molecule has 0 bridgehead atoms. The number of aromatic amines is 1. The van der Waals surface area contributed by atoms with E-state index in [1.165, 1.54) is 16.7 Å². The molecule has 4 aromatic rings. The van der Waals surface area contributed by atoms with Gasteiger partial charge in [0.05, 0.1) is 21.3 Å². The van der Waals surface area contributed by atoms with E-state index in [0.29, 0.717) is 53.2 Å². The number of hydrogen-bond donors (Lipinski definition) is 2. The Morgan fingerprint density at radius 3 is 2.46 bits per heavy atom. The van der Waals surface area contributed by atoms with E-state index in [4.69, 9.17) is 33.7 Å². The van der Waals surface area contributed by atoms with E-state index in [1.807, 2.05) is 24.3 Å². The van der Waals surface area contributed by atoms with Gasteiger partial charge >= 0.3 is 0 Å². The molecule has 3 aromatic heterocycles. The van der Waals surface area contributed by atoms with Gasteiger partial charge in [0.1, 0.15) is 17.3 Å². The summed E-state index contributed by atoms with van der Waals surface area (Å²) in [4.78, 5) is 10.6. The number of fused-ring (bicyclic) bond motifs is 1. The van der Waals surface area contributed by atoms with E-state index in [1.54, 1.807) is 19.2 Å². The molecule has 0 unspecified atom stereocenters. The fourth-order valence-corrected chi connectivity index (χ4v) is 5.94. The van der Waals surface area contributed by atoms with E-state index in [2.05, 4.69) is 25.1 Å². The van der Waals surface area contributed by atoms with E-state index in [0.717, 1.165) is 22.3 Å². The van der Waals surface area contributed by atoms with Crippen LogP contribution in [0.15, 0.2) is 48.9 Å². The number of sulfonamides is 1. The van der Waals surface area contributed by atoms with Crippen molar-refractivity contribution in [3.05, 3.63) is 64.5 Å². The minimum absolute atomic E-state index is 0.113. The molecule has 1 saturated heterocycles. The van der Waals surface area contributed by atoms with E-state index in [9.17, 15) is 8.42 Å². The molecule has 0 saturated carbocycles. The number of benzene rings is 1. The number of halogens is 2. The molecular weight excluding hydrogens is 537 g/mol. The monoisotopic (exact) mass is 561 g/mol. The number of H-pyrrole nitrogens is 1. The molecule has 10 nitrogen and oxygen atoms in total. The fourth-order valence-electron chi connectivity index (χ4n) is 4.28. The molecule has 0 spiro atoms. The highest BCUT2D eigenvalue weighted by Crippen LogP contribution is 2.33. The molecular formula is C24H25Cl2N7O3S. The summed E-state index contributed by atoms with van der Waals surface area (Å²) in [5, 5.41) is 8.99. The van der Waals surface area contributed by atoms with Crippen molar-refractivity contribution in [3.8, 4) is 17.0 Å². The zero-order valence-electron chi connectivity index (χ0n) is 19.9. The van der Waals surface area contributed by atoms with Crippen LogP contribution in [0, 0.1) is 0 Å². The predicted molar refractivity (Wildman–Crippen MR) is 144 cm³/mol. The molecule has 0 radical (unpaired) electrons. The van der Waals surface area contributed by atoms with Crippen LogP contribution in [0.5, 0.6) is 5.75 Å². The maximum atomic E-state index is 12.1. The Labute approximate surface area is 224 Å². The van der Waals surface area contributed by atoms with Gasteiger partial charge in [-0.15, -0.1) is 0 Å². The molecule has 3 N–H and O–H groups in total. The van der Waals surface area contributed by atoms with Crippen molar-refractivity contribution >= 4 is 49.9 Å². The van der Waals surface area contributed by atoms with E-state index in [-0.39, 0.29) is 5.75 Å². The Balaban J connectivity index is 1.33. The van der Waals surface area contributed by atoms with Crippen molar-refractivity contribution in [2.75, 3.05) is 36.8 Å². The lowest BCUT2D eigenvalue weighted by molar-refractivity contribution is 0.214. The van der Waals surface area contributed by atoms with Crippen molar-refractivity contribution < 1.29 is 13.2 Å². The first-order valence-corrected chi connectivity index (χ1v) is 14.0. The molecule has 5 rings (SSSR count). The van der Waals surface area contributed by atoms with Crippen LogP contribution >= 0.6 is 23.2 Å². The summed E-state index contributed by atoms with van der Waals surface area (Å²) in [6.45, 7) is 3.73. The van der Waals surface area contributed by atoms with Crippen molar-refractivity contribution in [3.63, 3.8) is 0 Å². The largest absolute Gasteiger partial charge is 0.471 e. The van der Waals surface area contributed by atoms with Gasteiger partial charge in [0.25, 0.3) is 0 Å². The van der Waals surface area contributed by atoms with E-state index < -0.39 is 16.3 Å². The third kappa shape index (κ3) is 5.23. The Bertz CT molecular complexity index is 1500. The number of hydrogen-bond acceptors (Lipinski definition) is 8. The van der Waals surface area contributed by atoms with Crippen LogP contribution in [0.1, 0.15) is 18.7 Å². The van der Waals surface area contributed by atoms with E-state index >= 15 is 0 Å². The zero-order valence-corrected chi connectivity index (χ0v) is 22.3. The molecule has 37 heavy (non-hydrogen) atoms. The van der Waals surface area contributed by atoms with Crippen LogP contribution in [0.3, 0.4) is 0 Å². The molecule has 1 aromatic carbocycles. The van der Waals surface area contributed by atoms with Crippen molar-refractivity contribution in [1.29, 1.82) is 0 Å². The van der Waals surface area contributed by atoms with Crippen LogP contribution in [0.25, 0.3) is 22.2 Å². The third-order valence-corrected chi connectivity index (χ3v) is 8.80. The Morgan fingerprint density at radius 2 is 1.81 bits per heavy atom. The summed E-state index contributed by atoms with van der Waals surface area (Å²) in [5.74, 6) is 1.43. The Hall–Kier alpha value is -2.96. The zero-order chi connectivity index (χ0) is 26.2. The number of nitrogens with two attached hydrogens (primary N) is 1. The lowest BCUT2D eigenvalue weighted by Crippen LogP contribution is -2.49. The van der Waals surface area contributed by atoms with Gasteiger partial charge in [-0.25, -0.2) is 13.4 Å². The number of piperazine rings is 1. The quantitative estimate of drug-likeness (QED) is 0.325. The Morgan fingerprint density at radius 1 is 1.08 bits per heavy atom. The summed E-state index contributed by atoms with van der Waals surface area (Å²) >= 11 is 12.4. The van der Waals surface area contributed by atoms with Gasteiger partial charge in [-0.1, -0.05) is 23.2 Å². The van der Waals surface area contributed by atoms with Gasteiger partial charge in [0, 0.05) is 61.3 Å². The summed E-state index contributed by atoms with van der Waals surface area (Å²) in [7, 11) is -3.17. The fraction of sp³-hybridized carbons (Fsp3) is 0.292. The second-order valence-corrected chi connectivity index (χ2v) is 11.6. The second kappa shape index (κ2) is 10.4. The van der Waals surface area contributed by atoms with Crippen molar-refractivity contribution in [1.82, 2.24) is 24.5 Å². The molecule has 1 aliphatic rings. The minimum Gasteiger partial charge on any atom is -0.471 e. The lowest BCUT2D eigenvalue weighted by atomic mass is 10.1. The predicted octanol–water partition coefficient (Wildman–Crippen LogP) is 3.83. The first-order valence-electron chi connectivity index (χ1n) is 11.7. The molecule has 1 aliphatic heterocycles. The van der Waals surface area contributed by atoms with Crippen molar-refractivity contribution in [2.45, 2.75) is 13.2 Å². The normalized spacial score (nSPS) is 15.7. The van der Waals surface area contributed by atoms with Gasteiger partial charge in [-0.3, -0.25) is 15.8 Å². The van der Waals surface area contributed by atoms with Crippen LogP contribution in [0.2, 0.25) is 10.0 Å². The van der Waals surface area contributed by atoms with Gasteiger partial charge in [0.15, 0.2) is 6.23 Å². The molecule has 194 valence electrons. The van der Waals surface area contributed by atoms with Gasteiger partial charge in [-0.2, -0.15) is 9.40 Å². The van der Waals surface area contributed by atoms with Gasteiger partial charge in [-0.05, 0) is 37.3 Å². The summed E-state index contributed by atoms with van der Waals surface area (Å²) in [5.41, 5.74) is 9.05. The molecule has 13 heteroatoms. The number of nitrogens with zero attached hydrogens (tertiary/aromatic N) is 5. The van der Waals surface area contributed by atoms with Gasteiger partial charge in [0.2, 0.25) is 10.0 Å². The Kier molecular flexibility index (Phi) is 7.24. The summed E-state index contributed by atoms with van der Waals surface area (Å²) in [6.07, 6.45) is 3.81. The number of anilines is 1. The molecule has 4 heterocycles. The number of aromatic nitrogens is 4. The van der Waals surface area contributed by atoms with Gasteiger partial charge < -0.3 is 9.64 Å². The average Bonchev–Trinajstić information content (AvgIpc) is 3.32. The van der Waals surface area contributed by atoms with Crippen LogP contribution in [-0.4, -0.2) is 64.8 Å².